The minimum Gasteiger partial charge on any atom is -0.476 e. The zero-order valence-electron chi connectivity index (χ0n) is 20.5. The predicted molar refractivity (Wildman–Crippen MR) is 128 cm³/mol. The smallest absolute Gasteiger partial charge is 0.410 e. The lowest BCUT2D eigenvalue weighted by Gasteiger charge is -2.35. The molecule has 1 aromatic rings. The second kappa shape index (κ2) is 10.2. The van der Waals surface area contributed by atoms with E-state index in [1.165, 1.54) is 0 Å². The normalized spacial score (nSPS) is 22.3. The summed E-state index contributed by atoms with van der Waals surface area (Å²) >= 11 is 0. The molecule has 0 spiro atoms. The number of aromatic nitrogens is 2. The summed E-state index contributed by atoms with van der Waals surface area (Å²) < 4.78 is 38.1. The van der Waals surface area contributed by atoms with Crippen LogP contribution in [0.1, 0.15) is 52.9 Å². The van der Waals surface area contributed by atoms with Gasteiger partial charge < -0.3 is 19.3 Å². The van der Waals surface area contributed by atoms with Gasteiger partial charge in [-0.2, -0.15) is 4.31 Å². The van der Waals surface area contributed by atoms with Crippen LogP contribution in [0, 0.1) is 5.92 Å². The van der Waals surface area contributed by atoms with Crippen molar-refractivity contribution < 1.29 is 22.7 Å². The second-order valence-corrected chi connectivity index (χ2v) is 12.3. The van der Waals surface area contributed by atoms with Crippen molar-refractivity contribution in [3.8, 4) is 5.88 Å². The number of piperazine rings is 1. The van der Waals surface area contributed by atoms with E-state index in [1.807, 2.05) is 13.8 Å². The number of sulfonamides is 1. The van der Waals surface area contributed by atoms with E-state index in [2.05, 4.69) is 14.9 Å². The summed E-state index contributed by atoms with van der Waals surface area (Å²) in [6, 6.07) is 0. The third-order valence-corrected chi connectivity index (χ3v) is 9.68. The summed E-state index contributed by atoms with van der Waals surface area (Å²) in [5, 5.41) is -0.359. The fourth-order valence-corrected chi connectivity index (χ4v) is 5.83. The van der Waals surface area contributed by atoms with Crippen molar-refractivity contribution in [2.45, 2.75) is 63.7 Å². The number of hydrogen-bond acceptors (Lipinski definition) is 8. The standard InChI is InChI=1S/C23H37N5O5S/c1-4-18(2)34(30,31)28-13-11-26(12-14-28)20-15-25-21(16-24-20)32-17-19-5-9-27(10-6-19)22(29)33-23(3)7-8-23/h15-16,18-19H,4-14,17H2,1-3H3. The lowest BCUT2D eigenvalue weighted by Crippen LogP contribution is -2.50. The van der Waals surface area contributed by atoms with Crippen molar-refractivity contribution in [3.05, 3.63) is 12.4 Å². The Kier molecular flexibility index (Phi) is 7.51. The fourth-order valence-electron chi connectivity index (χ4n) is 4.22. The summed E-state index contributed by atoms with van der Waals surface area (Å²) in [5.74, 6) is 1.57. The van der Waals surface area contributed by atoms with E-state index in [0.717, 1.165) is 31.5 Å². The molecule has 34 heavy (non-hydrogen) atoms. The molecule has 1 unspecified atom stereocenters. The van der Waals surface area contributed by atoms with Crippen LogP contribution in [0.3, 0.4) is 0 Å². The van der Waals surface area contributed by atoms with Crippen LogP contribution in [0.25, 0.3) is 0 Å². The topological polar surface area (TPSA) is 105 Å². The number of carbonyl (C=O) groups is 1. The number of carbonyl (C=O) groups excluding carboxylic acids is 1. The van der Waals surface area contributed by atoms with E-state index in [0.29, 0.717) is 64.1 Å². The van der Waals surface area contributed by atoms with E-state index in [-0.39, 0.29) is 16.9 Å². The maximum absolute atomic E-state index is 12.6. The van der Waals surface area contributed by atoms with Crippen LogP contribution in [0.4, 0.5) is 10.6 Å². The van der Waals surface area contributed by atoms with Crippen molar-refractivity contribution in [1.82, 2.24) is 19.2 Å². The Morgan fingerprint density at radius 1 is 1.12 bits per heavy atom. The molecular weight excluding hydrogens is 458 g/mol. The summed E-state index contributed by atoms with van der Waals surface area (Å²) in [5.41, 5.74) is -0.235. The number of ether oxygens (including phenoxy) is 2. The van der Waals surface area contributed by atoms with Crippen molar-refractivity contribution in [1.29, 1.82) is 0 Å². The van der Waals surface area contributed by atoms with Gasteiger partial charge in [-0.05, 0) is 51.9 Å². The van der Waals surface area contributed by atoms with E-state index in [1.54, 1.807) is 28.5 Å². The van der Waals surface area contributed by atoms with Gasteiger partial charge in [-0.3, -0.25) is 0 Å². The first-order valence-corrected chi connectivity index (χ1v) is 13.9. The van der Waals surface area contributed by atoms with Crippen molar-refractivity contribution >= 4 is 21.9 Å². The highest BCUT2D eigenvalue weighted by atomic mass is 32.2. The highest BCUT2D eigenvalue weighted by Crippen LogP contribution is 2.39. The van der Waals surface area contributed by atoms with Crippen molar-refractivity contribution in [3.63, 3.8) is 0 Å². The van der Waals surface area contributed by atoms with Gasteiger partial charge in [0.25, 0.3) is 0 Å². The van der Waals surface area contributed by atoms with E-state index in [4.69, 9.17) is 9.47 Å². The molecule has 0 bridgehead atoms. The summed E-state index contributed by atoms with van der Waals surface area (Å²) in [7, 11) is -3.23. The van der Waals surface area contributed by atoms with E-state index in [9.17, 15) is 13.2 Å². The fraction of sp³-hybridized carbons (Fsp3) is 0.783. The molecule has 1 atom stereocenters. The van der Waals surface area contributed by atoms with Crippen LogP contribution in [0.2, 0.25) is 0 Å². The maximum Gasteiger partial charge on any atom is 0.410 e. The highest BCUT2D eigenvalue weighted by Gasteiger charge is 2.43. The Morgan fingerprint density at radius 3 is 2.35 bits per heavy atom. The molecule has 3 fully saturated rings. The number of hydrogen-bond donors (Lipinski definition) is 0. The molecule has 0 aromatic carbocycles. The highest BCUT2D eigenvalue weighted by molar-refractivity contribution is 7.89. The molecule has 1 aliphatic carbocycles. The summed E-state index contributed by atoms with van der Waals surface area (Å²) in [4.78, 5) is 25.0. The van der Waals surface area contributed by atoms with Gasteiger partial charge in [-0.1, -0.05) is 6.92 Å². The molecule has 1 amide bonds. The third-order valence-electron chi connectivity index (χ3n) is 7.25. The number of rotatable bonds is 8. The van der Waals surface area contributed by atoms with Crippen LogP contribution >= 0.6 is 0 Å². The number of piperidine rings is 1. The minimum absolute atomic E-state index is 0.195. The van der Waals surface area contributed by atoms with Crippen LogP contribution in [0.5, 0.6) is 5.88 Å². The van der Waals surface area contributed by atoms with Crippen molar-refractivity contribution in [2.75, 3.05) is 50.8 Å². The average Bonchev–Trinajstić information content (AvgIpc) is 3.59. The molecule has 3 aliphatic rings. The van der Waals surface area contributed by atoms with E-state index < -0.39 is 10.0 Å². The molecule has 1 saturated carbocycles. The molecule has 1 aromatic heterocycles. The first kappa shape index (κ1) is 25.0. The van der Waals surface area contributed by atoms with Gasteiger partial charge >= 0.3 is 6.09 Å². The molecule has 0 N–H and O–H groups in total. The molecule has 2 saturated heterocycles. The lowest BCUT2D eigenvalue weighted by molar-refractivity contribution is 0.0454. The Hall–Kier alpha value is -2.14. The molecule has 2 aliphatic heterocycles. The lowest BCUT2D eigenvalue weighted by atomic mass is 9.98. The molecule has 0 radical (unpaired) electrons. The molecule has 190 valence electrons. The molecule has 4 rings (SSSR count). The van der Waals surface area contributed by atoms with Crippen molar-refractivity contribution in [2.24, 2.45) is 5.92 Å². The predicted octanol–water partition coefficient (Wildman–Crippen LogP) is 2.51. The quantitative estimate of drug-likeness (QED) is 0.542. The van der Waals surface area contributed by atoms with E-state index >= 15 is 0 Å². The monoisotopic (exact) mass is 495 g/mol. The van der Waals surface area contributed by atoms with Crippen LogP contribution in [-0.2, 0) is 14.8 Å². The van der Waals surface area contributed by atoms with Crippen LogP contribution in [-0.4, -0.2) is 90.4 Å². The van der Waals surface area contributed by atoms with Gasteiger partial charge in [-0.25, -0.2) is 23.2 Å². The number of anilines is 1. The molecule has 11 heteroatoms. The minimum atomic E-state index is -3.23. The van der Waals surface area contributed by atoms with Gasteiger partial charge in [0.2, 0.25) is 15.9 Å². The zero-order valence-corrected chi connectivity index (χ0v) is 21.3. The second-order valence-electron chi connectivity index (χ2n) is 9.92. The maximum atomic E-state index is 12.6. The Morgan fingerprint density at radius 2 is 1.79 bits per heavy atom. The van der Waals surface area contributed by atoms with Crippen LogP contribution in [0.15, 0.2) is 12.4 Å². The summed E-state index contributed by atoms with van der Waals surface area (Å²) in [6.45, 7) is 9.65. The van der Waals surface area contributed by atoms with Gasteiger partial charge in [0.1, 0.15) is 11.4 Å². The first-order valence-electron chi connectivity index (χ1n) is 12.4. The first-order chi connectivity index (χ1) is 16.2. The SMILES string of the molecule is CCC(C)S(=O)(=O)N1CCN(c2cnc(OCC3CCN(C(=O)OC4(C)CC4)CC3)cn2)CC1. The molecular formula is C23H37N5O5S. The van der Waals surface area contributed by atoms with Gasteiger partial charge in [0.15, 0.2) is 0 Å². The Labute approximate surface area is 202 Å². The van der Waals surface area contributed by atoms with Gasteiger partial charge in [-0.15, -0.1) is 0 Å². The average molecular weight is 496 g/mol. The Bertz CT molecular complexity index is 937. The molecule has 3 heterocycles. The van der Waals surface area contributed by atoms with Gasteiger partial charge in [0, 0.05) is 39.3 Å². The van der Waals surface area contributed by atoms with Gasteiger partial charge in [0.05, 0.1) is 24.3 Å². The third kappa shape index (κ3) is 5.91. The number of nitrogens with zero attached hydrogens (tertiary/aromatic N) is 5. The van der Waals surface area contributed by atoms with Crippen LogP contribution < -0.4 is 9.64 Å². The molecule has 10 nitrogen and oxygen atoms in total. The summed E-state index contributed by atoms with van der Waals surface area (Å²) in [6.07, 6.45) is 7.40. The Balaban J connectivity index is 1.19. The largest absolute Gasteiger partial charge is 0.476 e. The zero-order chi connectivity index (χ0) is 24.3. The number of amides is 1. The number of likely N-dealkylation sites (tertiary alicyclic amines) is 1.